The van der Waals surface area contributed by atoms with Gasteiger partial charge in [-0.1, -0.05) is 24.3 Å². The van der Waals surface area contributed by atoms with Crippen LogP contribution in [0.1, 0.15) is 25.5 Å². The summed E-state index contributed by atoms with van der Waals surface area (Å²) in [7, 11) is 0. The zero-order chi connectivity index (χ0) is 14.8. The minimum atomic E-state index is 0.309. The molecule has 0 aliphatic heterocycles. The second-order valence-corrected chi connectivity index (χ2v) is 5.45. The van der Waals surface area contributed by atoms with Crippen molar-refractivity contribution in [2.75, 3.05) is 5.32 Å². The van der Waals surface area contributed by atoms with Gasteiger partial charge in [-0.2, -0.15) is 5.10 Å². The average molecular weight is 281 g/mol. The molecule has 0 amide bonds. The Morgan fingerprint density at radius 2 is 1.90 bits per heavy atom. The predicted molar refractivity (Wildman–Crippen MR) is 85.6 cm³/mol. The van der Waals surface area contributed by atoms with Crippen molar-refractivity contribution in [3.8, 4) is 5.75 Å². The molecule has 0 unspecified atom stereocenters. The number of phenolic OH excluding ortho intramolecular Hbond substituents is 1. The van der Waals surface area contributed by atoms with Gasteiger partial charge in [-0.05, 0) is 26.0 Å². The molecule has 3 rings (SSSR count). The van der Waals surface area contributed by atoms with Crippen molar-refractivity contribution < 1.29 is 5.11 Å². The molecule has 4 nitrogen and oxygen atoms in total. The fourth-order valence-corrected chi connectivity index (χ4v) is 2.40. The Bertz CT molecular complexity index is 762. The van der Waals surface area contributed by atoms with Crippen molar-refractivity contribution in [1.82, 2.24) is 9.78 Å². The van der Waals surface area contributed by atoms with Crippen molar-refractivity contribution in [2.24, 2.45) is 0 Å². The van der Waals surface area contributed by atoms with Crippen LogP contribution in [0.3, 0.4) is 0 Å². The lowest BCUT2D eigenvalue weighted by molar-refractivity contribution is 0.481. The molecule has 4 heteroatoms. The summed E-state index contributed by atoms with van der Waals surface area (Å²) in [6.07, 6.45) is 3.94. The van der Waals surface area contributed by atoms with Crippen LogP contribution in [0.25, 0.3) is 10.8 Å². The number of aromatic hydroxyl groups is 1. The fraction of sp³-hybridized carbons (Fsp3) is 0.235. The van der Waals surface area contributed by atoms with E-state index >= 15 is 0 Å². The molecule has 2 aromatic carbocycles. The van der Waals surface area contributed by atoms with E-state index in [0.717, 1.165) is 22.0 Å². The van der Waals surface area contributed by atoms with Crippen LogP contribution in [0.5, 0.6) is 5.75 Å². The number of hydrogen-bond acceptors (Lipinski definition) is 3. The molecular formula is C17H19N3O. The summed E-state index contributed by atoms with van der Waals surface area (Å²) in [5.74, 6) is 0.309. The molecule has 108 valence electrons. The van der Waals surface area contributed by atoms with Gasteiger partial charge in [0.15, 0.2) is 0 Å². The maximum Gasteiger partial charge on any atom is 0.123 e. The fourth-order valence-electron chi connectivity index (χ4n) is 2.40. The SMILES string of the molecule is CC(C)n1cc(CNc2cccc3c(O)cccc23)cn1. The Labute approximate surface area is 124 Å². The van der Waals surface area contributed by atoms with E-state index in [2.05, 4.69) is 30.5 Å². The van der Waals surface area contributed by atoms with Gasteiger partial charge in [-0.15, -0.1) is 0 Å². The van der Waals surface area contributed by atoms with Crippen molar-refractivity contribution in [1.29, 1.82) is 0 Å². The summed E-state index contributed by atoms with van der Waals surface area (Å²) < 4.78 is 1.95. The molecule has 0 bridgehead atoms. The van der Waals surface area contributed by atoms with E-state index < -0.39 is 0 Å². The summed E-state index contributed by atoms with van der Waals surface area (Å²) in [5.41, 5.74) is 2.15. The summed E-state index contributed by atoms with van der Waals surface area (Å²) in [5, 5.41) is 19.5. The van der Waals surface area contributed by atoms with Crippen LogP contribution in [-0.2, 0) is 6.54 Å². The monoisotopic (exact) mass is 281 g/mol. The van der Waals surface area contributed by atoms with Crippen LogP contribution in [0.15, 0.2) is 48.8 Å². The highest BCUT2D eigenvalue weighted by atomic mass is 16.3. The van der Waals surface area contributed by atoms with Crippen LogP contribution >= 0.6 is 0 Å². The summed E-state index contributed by atoms with van der Waals surface area (Å²) >= 11 is 0. The lowest BCUT2D eigenvalue weighted by Gasteiger charge is -2.10. The Hall–Kier alpha value is -2.49. The van der Waals surface area contributed by atoms with Crippen LogP contribution in [0.4, 0.5) is 5.69 Å². The Morgan fingerprint density at radius 1 is 1.14 bits per heavy atom. The summed E-state index contributed by atoms with van der Waals surface area (Å²) in [4.78, 5) is 0. The van der Waals surface area contributed by atoms with Gasteiger partial charge >= 0.3 is 0 Å². The standard InChI is InChI=1S/C17H19N3O/c1-12(2)20-11-13(10-19-20)9-18-16-7-3-6-15-14(16)5-4-8-17(15)21/h3-8,10-12,18,21H,9H2,1-2H3. The molecule has 1 heterocycles. The van der Waals surface area contributed by atoms with Crippen molar-refractivity contribution in [3.05, 3.63) is 54.4 Å². The quantitative estimate of drug-likeness (QED) is 0.761. The van der Waals surface area contributed by atoms with E-state index in [1.54, 1.807) is 6.07 Å². The zero-order valence-corrected chi connectivity index (χ0v) is 12.2. The van der Waals surface area contributed by atoms with Gasteiger partial charge in [-0.3, -0.25) is 4.68 Å². The molecule has 0 radical (unpaired) electrons. The van der Waals surface area contributed by atoms with Crippen molar-refractivity contribution in [2.45, 2.75) is 26.4 Å². The number of nitrogens with one attached hydrogen (secondary N) is 1. The topological polar surface area (TPSA) is 50.1 Å². The molecular weight excluding hydrogens is 262 g/mol. The third-order valence-electron chi connectivity index (χ3n) is 3.57. The molecule has 3 aromatic rings. The van der Waals surface area contributed by atoms with Gasteiger partial charge in [-0.25, -0.2) is 0 Å². The summed E-state index contributed by atoms with van der Waals surface area (Å²) in [6, 6.07) is 11.8. The number of fused-ring (bicyclic) bond motifs is 1. The van der Waals surface area contributed by atoms with Crippen LogP contribution < -0.4 is 5.32 Å². The largest absolute Gasteiger partial charge is 0.507 e. The molecule has 0 fully saturated rings. The Kier molecular flexibility index (Phi) is 3.52. The molecule has 0 saturated carbocycles. The molecule has 21 heavy (non-hydrogen) atoms. The minimum absolute atomic E-state index is 0.309. The molecule has 2 N–H and O–H groups in total. The van der Waals surface area contributed by atoms with Gasteiger partial charge in [0, 0.05) is 40.8 Å². The number of nitrogens with zero attached hydrogens (tertiary/aromatic N) is 2. The Balaban J connectivity index is 1.83. The van der Waals surface area contributed by atoms with Gasteiger partial charge in [0.2, 0.25) is 0 Å². The van der Waals surface area contributed by atoms with E-state index in [1.165, 1.54) is 0 Å². The lowest BCUT2D eigenvalue weighted by Crippen LogP contribution is -2.01. The third kappa shape index (κ3) is 2.70. The molecule has 0 saturated heterocycles. The predicted octanol–water partition coefficient (Wildman–Crippen LogP) is 3.93. The third-order valence-corrected chi connectivity index (χ3v) is 3.57. The first-order chi connectivity index (χ1) is 10.1. The van der Waals surface area contributed by atoms with E-state index in [9.17, 15) is 5.11 Å². The first-order valence-electron chi connectivity index (χ1n) is 7.13. The van der Waals surface area contributed by atoms with Crippen LogP contribution in [0, 0.1) is 0 Å². The Morgan fingerprint density at radius 3 is 2.67 bits per heavy atom. The van der Waals surface area contributed by atoms with Crippen molar-refractivity contribution in [3.63, 3.8) is 0 Å². The number of phenols is 1. The second kappa shape index (κ2) is 5.48. The highest BCUT2D eigenvalue weighted by Gasteiger charge is 2.05. The smallest absolute Gasteiger partial charge is 0.123 e. The van der Waals surface area contributed by atoms with Gasteiger partial charge < -0.3 is 10.4 Å². The number of hydrogen-bond donors (Lipinski definition) is 2. The number of benzene rings is 2. The zero-order valence-electron chi connectivity index (χ0n) is 12.2. The summed E-state index contributed by atoms with van der Waals surface area (Å²) in [6.45, 7) is 4.93. The molecule has 0 spiro atoms. The van der Waals surface area contributed by atoms with Gasteiger partial charge in [0.25, 0.3) is 0 Å². The first kappa shape index (κ1) is 13.5. The highest BCUT2D eigenvalue weighted by molar-refractivity contribution is 5.97. The van der Waals surface area contributed by atoms with E-state index in [0.29, 0.717) is 18.3 Å². The van der Waals surface area contributed by atoms with Gasteiger partial charge in [0.1, 0.15) is 5.75 Å². The molecule has 0 aliphatic rings. The maximum atomic E-state index is 9.90. The van der Waals surface area contributed by atoms with Crippen LogP contribution in [-0.4, -0.2) is 14.9 Å². The number of aromatic nitrogens is 2. The first-order valence-corrected chi connectivity index (χ1v) is 7.13. The van der Waals surface area contributed by atoms with E-state index in [4.69, 9.17) is 0 Å². The van der Waals surface area contributed by atoms with Gasteiger partial charge in [0.05, 0.1) is 6.20 Å². The van der Waals surface area contributed by atoms with Crippen molar-refractivity contribution >= 4 is 16.5 Å². The second-order valence-electron chi connectivity index (χ2n) is 5.45. The number of rotatable bonds is 4. The minimum Gasteiger partial charge on any atom is -0.507 e. The average Bonchev–Trinajstić information content (AvgIpc) is 2.95. The molecule has 1 aromatic heterocycles. The van der Waals surface area contributed by atoms with E-state index in [1.807, 2.05) is 41.2 Å². The molecule has 0 atom stereocenters. The van der Waals surface area contributed by atoms with Crippen LogP contribution in [0.2, 0.25) is 0 Å². The number of anilines is 1. The maximum absolute atomic E-state index is 9.90. The highest BCUT2D eigenvalue weighted by Crippen LogP contribution is 2.29. The lowest BCUT2D eigenvalue weighted by atomic mass is 10.1. The normalized spacial score (nSPS) is 11.2. The molecule has 0 aliphatic carbocycles. The van der Waals surface area contributed by atoms with E-state index in [-0.39, 0.29) is 0 Å².